The first-order chi connectivity index (χ1) is 18.1. The number of piperidine rings is 1. The van der Waals surface area contributed by atoms with Gasteiger partial charge in [-0.2, -0.15) is 10.2 Å². The van der Waals surface area contributed by atoms with Gasteiger partial charge >= 0.3 is 0 Å². The Kier molecular flexibility index (Phi) is 6.20. The van der Waals surface area contributed by atoms with Gasteiger partial charge in [0, 0.05) is 43.3 Å². The zero-order chi connectivity index (χ0) is 25.2. The summed E-state index contributed by atoms with van der Waals surface area (Å²) < 4.78 is 3.42. The van der Waals surface area contributed by atoms with E-state index in [0.717, 1.165) is 43.9 Å². The quantitative estimate of drug-likeness (QED) is 0.381. The fourth-order valence-corrected chi connectivity index (χ4v) is 4.88. The fraction of sp³-hybridized carbons (Fsp3) is 0.250. The summed E-state index contributed by atoms with van der Waals surface area (Å²) in [6.45, 7) is 4.99. The molecule has 4 aromatic heterocycles. The summed E-state index contributed by atoms with van der Waals surface area (Å²) in [6.07, 6.45) is 10.7. The summed E-state index contributed by atoms with van der Waals surface area (Å²) in [6, 6.07) is 16.1. The maximum Gasteiger partial charge on any atom is 0.262 e. The van der Waals surface area contributed by atoms with Crippen molar-refractivity contribution in [1.29, 1.82) is 0 Å². The Balaban J connectivity index is 1.24. The normalized spacial score (nSPS) is 14.7. The summed E-state index contributed by atoms with van der Waals surface area (Å²) in [5.74, 6) is 0.703. The molecule has 5 aromatic rings. The summed E-state index contributed by atoms with van der Waals surface area (Å²) in [7, 11) is 0. The van der Waals surface area contributed by atoms with Crippen molar-refractivity contribution in [3.63, 3.8) is 0 Å². The van der Waals surface area contributed by atoms with Gasteiger partial charge in [0.25, 0.3) is 5.91 Å². The van der Waals surface area contributed by atoms with Gasteiger partial charge in [-0.15, -0.1) is 0 Å². The number of carbonyl (C=O) groups excluding carboxylic acids is 1. The number of aryl methyl sites for hydroxylation is 1. The summed E-state index contributed by atoms with van der Waals surface area (Å²) in [5.41, 5.74) is 5.29. The monoisotopic (exact) mass is 492 g/mol. The van der Waals surface area contributed by atoms with E-state index < -0.39 is 0 Å². The first kappa shape index (κ1) is 23.1. The number of aromatic nitrogens is 6. The number of nitrogens with zero attached hydrogens (tertiary/aromatic N) is 7. The van der Waals surface area contributed by atoms with Crippen LogP contribution in [0.5, 0.6) is 0 Å². The third-order valence-corrected chi connectivity index (χ3v) is 6.93. The average molecular weight is 493 g/mol. The number of carbonyl (C=O) groups is 1. The molecule has 0 saturated carbocycles. The highest BCUT2D eigenvalue weighted by Crippen LogP contribution is 2.31. The number of rotatable bonds is 6. The van der Waals surface area contributed by atoms with Gasteiger partial charge in [-0.05, 0) is 68.8 Å². The molecule has 5 heterocycles. The molecule has 1 N–H and O–H groups in total. The number of anilines is 1. The van der Waals surface area contributed by atoms with Crippen LogP contribution in [0.4, 0.5) is 5.82 Å². The molecule has 1 aromatic carbocycles. The van der Waals surface area contributed by atoms with Gasteiger partial charge in [-0.25, -0.2) is 14.2 Å². The number of hydrogen-bond donors (Lipinski definition) is 1. The molecular weight excluding hydrogens is 464 g/mol. The molecular formula is C28H28N8O. The van der Waals surface area contributed by atoms with Crippen molar-refractivity contribution in [2.75, 3.05) is 18.4 Å². The van der Waals surface area contributed by atoms with Crippen LogP contribution in [0.15, 0.2) is 79.5 Å². The lowest BCUT2D eigenvalue weighted by molar-refractivity contribution is 0.102. The number of fused-ring (bicyclic) bond motifs is 1. The minimum absolute atomic E-state index is 0.263. The van der Waals surface area contributed by atoms with Crippen molar-refractivity contribution in [2.24, 2.45) is 0 Å². The molecule has 186 valence electrons. The molecule has 1 aliphatic rings. The van der Waals surface area contributed by atoms with Crippen molar-refractivity contribution in [1.82, 2.24) is 34.3 Å². The summed E-state index contributed by atoms with van der Waals surface area (Å²) in [5, 5.41) is 12.3. The maximum atomic E-state index is 13.3. The Bertz CT molecular complexity index is 1520. The smallest absolute Gasteiger partial charge is 0.262 e. The van der Waals surface area contributed by atoms with E-state index in [0.29, 0.717) is 22.9 Å². The molecule has 0 spiro atoms. The molecule has 0 radical (unpaired) electrons. The number of hydrogen-bond acceptors (Lipinski definition) is 6. The molecule has 37 heavy (non-hydrogen) atoms. The second-order valence-electron chi connectivity index (χ2n) is 9.51. The van der Waals surface area contributed by atoms with Crippen LogP contribution in [0.3, 0.4) is 0 Å². The number of nitrogens with one attached hydrogen (secondary N) is 1. The molecule has 0 aliphatic carbocycles. The van der Waals surface area contributed by atoms with Crippen molar-refractivity contribution in [3.8, 4) is 5.69 Å². The number of pyridine rings is 1. The Hall–Kier alpha value is -4.37. The van der Waals surface area contributed by atoms with E-state index in [2.05, 4.69) is 56.5 Å². The molecule has 0 bridgehead atoms. The SMILES string of the molecule is Cc1ccc(-n2nc(C3CCN(Cc4ccncc4)CC3)cc2NC(=O)c2cnn3cccnc23)cc1. The van der Waals surface area contributed by atoms with E-state index in [-0.39, 0.29) is 5.91 Å². The third-order valence-electron chi connectivity index (χ3n) is 6.93. The Morgan fingerprint density at radius 3 is 2.62 bits per heavy atom. The Morgan fingerprint density at radius 1 is 1.05 bits per heavy atom. The summed E-state index contributed by atoms with van der Waals surface area (Å²) >= 11 is 0. The standard InChI is InChI=1S/C28H28N8O/c1-20-3-5-23(6-4-20)36-26(32-28(37)24-18-31-35-14-2-11-30-27(24)35)17-25(33-36)22-9-15-34(16-10-22)19-21-7-12-29-13-8-21/h2-8,11-14,17-18,22H,9-10,15-16,19H2,1H3,(H,32,37). The van der Waals surface area contributed by atoms with Gasteiger partial charge in [0.15, 0.2) is 5.65 Å². The lowest BCUT2D eigenvalue weighted by atomic mass is 9.93. The largest absolute Gasteiger partial charge is 0.306 e. The van der Waals surface area contributed by atoms with Crippen molar-refractivity contribution < 1.29 is 4.79 Å². The van der Waals surface area contributed by atoms with Crippen LogP contribution in [-0.4, -0.2) is 53.3 Å². The predicted molar refractivity (Wildman–Crippen MR) is 141 cm³/mol. The van der Waals surface area contributed by atoms with E-state index in [1.165, 1.54) is 11.1 Å². The molecule has 9 nitrogen and oxygen atoms in total. The Labute approximate surface area is 214 Å². The zero-order valence-corrected chi connectivity index (χ0v) is 20.7. The highest BCUT2D eigenvalue weighted by molar-refractivity contribution is 6.07. The second kappa shape index (κ2) is 9.94. The van der Waals surface area contributed by atoms with Gasteiger partial charge in [0.2, 0.25) is 0 Å². The fourth-order valence-electron chi connectivity index (χ4n) is 4.88. The lowest BCUT2D eigenvalue weighted by Crippen LogP contribution is -2.32. The first-order valence-electron chi connectivity index (χ1n) is 12.5. The Morgan fingerprint density at radius 2 is 1.84 bits per heavy atom. The van der Waals surface area contributed by atoms with E-state index >= 15 is 0 Å². The molecule has 1 aliphatic heterocycles. The van der Waals surface area contributed by atoms with Crippen LogP contribution in [0, 0.1) is 6.92 Å². The summed E-state index contributed by atoms with van der Waals surface area (Å²) in [4.78, 5) is 24.2. The van der Waals surface area contributed by atoms with E-state index in [4.69, 9.17) is 5.10 Å². The van der Waals surface area contributed by atoms with Crippen LogP contribution in [0.1, 0.15) is 45.9 Å². The van der Waals surface area contributed by atoms with Crippen molar-refractivity contribution in [2.45, 2.75) is 32.2 Å². The second-order valence-corrected chi connectivity index (χ2v) is 9.51. The van der Waals surface area contributed by atoms with E-state index in [9.17, 15) is 4.79 Å². The van der Waals surface area contributed by atoms with Gasteiger partial charge in [0.1, 0.15) is 11.4 Å². The maximum absolute atomic E-state index is 13.3. The molecule has 1 amide bonds. The van der Waals surface area contributed by atoms with E-state index in [1.54, 1.807) is 29.2 Å². The van der Waals surface area contributed by atoms with Crippen LogP contribution in [-0.2, 0) is 6.54 Å². The number of amides is 1. The molecule has 6 rings (SSSR count). The van der Waals surface area contributed by atoms with Crippen LogP contribution >= 0.6 is 0 Å². The molecule has 0 atom stereocenters. The molecule has 9 heteroatoms. The van der Waals surface area contributed by atoms with Crippen molar-refractivity contribution >= 4 is 17.4 Å². The topological polar surface area (TPSA) is 93.2 Å². The lowest BCUT2D eigenvalue weighted by Gasteiger charge is -2.31. The average Bonchev–Trinajstić information content (AvgIpc) is 3.55. The minimum atomic E-state index is -0.263. The molecule has 1 saturated heterocycles. The van der Waals surface area contributed by atoms with Crippen LogP contribution < -0.4 is 5.32 Å². The minimum Gasteiger partial charge on any atom is -0.306 e. The van der Waals surface area contributed by atoms with Gasteiger partial charge in [-0.1, -0.05) is 17.7 Å². The highest BCUT2D eigenvalue weighted by Gasteiger charge is 2.25. The van der Waals surface area contributed by atoms with E-state index in [1.807, 2.05) is 35.3 Å². The molecule has 1 fully saturated rings. The van der Waals surface area contributed by atoms with Gasteiger partial charge < -0.3 is 5.32 Å². The van der Waals surface area contributed by atoms with Crippen LogP contribution in [0.25, 0.3) is 11.3 Å². The number of benzene rings is 1. The number of likely N-dealkylation sites (tertiary alicyclic amines) is 1. The predicted octanol–water partition coefficient (Wildman–Crippen LogP) is 4.25. The zero-order valence-electron chi connectivity index (χ0n) is 20.7. The van der Waals surface area contributed by atoms with Crippen LogP contribution in [0.2, 0.25) is 0 Å². The van der Waals surface area contributed by atoms with Gasteiger partial charge in [-0.3, -0.25) is 14.7 Å². The van der Waals surface area contributed by atoms with Crippen molar-refractivity contribution in [3.05, 3.63) is 102 Å². The third kappa shape index (κ3) is 4.85. The molecule has 0 unspecified atom stereocenters. The van der Waals surface area contributed by atoms with Gasteiger partial charge in [0.05, 0.1) is 17.6 Å². The first-order valence-corrected chi connectivity index (χ1v) is 12.5. The highest BCUT2D eigenvalue weighted by atomic mass is 16.1.